The van der Waals surface area contributed by atoms with Gasteiger partial charge in [-0.3, -0.25) is 11.3 Å². The van der Waals surface area contributed by atoms with E-state index in [2.05, 4.69) is 36.6 Å². The minimum atomic E-state index is 0.315. The summed E-state index contributed by atoms with van der Waals surface area (Å²) in [6.45, 7) is 2.19. The zero-order chi connectivity index (χ0) is 15.1. The van der Waals surface area contributed by atoms with E-state index in [1.54, 1.807) is 7.11 Å². The normalized spacial score (nSPS) is 12.3. The van der Waals surface area contributed by atoms with Crippen LogP contribution in [0.15, 0.2) is 36.4 Å². The molecule has 0 amide bonds. The average Bonchev–Trinajstić information content (AvgIpc) is 2.99. The number of hydrogen-bond donors (Lipinski definition) is 2. The maximum Gasteiger partial charge on any atom is 0.118 e. The molecule has 0 aliphatic rings. The minimum absolute atomic E-state index is 0.315. The van der Waals surface area contributed by atoms with E-state index < -0.39 is 0 Å². The number of hydrogen-bond acceptors (Lipinski definition) is 4. The molecular formula is C17H24N2OS. The van der Waals surface area contributed by atoms with E-state index in [0.717, 1.165) is 31.4 Å². The SMILES string of the molecule is CCc1ccc(CC(CCc2ccc(OC)cc2)NN)s1. The molecule has 0 bridgehead atoms. The van der Waals surface area contributed by atoms with Crippen LogP contribution in [0, 0.1) is 0 Å². The van der Waals surface area contributed by atoms with E-state index in [4.69, 9.17) is 10.6 Å². The topological polar surface area (TPSA) is 47.3 Å². The molecule has 0 saturated carbocycles. The van der Waals surface area contributed by atoms with Crippen molar-refractivity contribution in [2.45, 2.75) is 38.6 Å². The molecule has 1 atom stereocenters. The fourth-order valence-electron chi connectivity index (χ4n) is 2.34. The van der Waals surface area contributed by atoms with Gasteiger partial charge in [-0.1, -0.05) is 19.1 Å². The molecule has 0 saturated heterocycles. The molecule has 21 heavy (non-hydrogen) atoms. The molecule has 1 unspecified atom stereocenters. The summed E-state index contributed by atoms with van der Waals surface area (Å²) in [6.07, 6.45) is 4.15. The first-order valence-electron chi connectivity index (χ1n) is 7.41. The summed E-state index contributed by atoms with van der Waals surface area (Å²) in [5.74, 6) is 6.61. The van der Waals surface area contributed by atoms with Crippen LogP contribution in [0.1, 0.15) is 28.7 Å². The van der Waals surface area contributed by atoms with Crippen LogP contribution >= 0.6 is 11.3 Å². The Morgan fingerprint density at radius 2 is 1.86 bits per heavy atom. The molecule has 0 aliphatic heterocycles. The number of nitrogens with one attached hydrogen (secondary N) is 1. The molecule has 1 aromatic carbocycles. The van der Waals surface area contributed by atoms with Crippen molar-refractivity contribution >= 4 is 11.3 Å². The van der Waals surface area contributed by atoms with Crippen molar-refractivity contribution in [1.82, 2.24) is 5.43 Å². The van der Waals surface area contributed by atoms with Crippen LogP contribution in [0.3, 0.4) is 0 Å². The highest BCUT2D eigenvalue weighted by Crippen LogP contribution is 2.20. The zero-order valence-electron chi connectivity index (χ0n) is 12.8. The highest BCUT2D eigenvalue weighted by Gasteiger charge is 2.10. The number of benzene rings is 1. The predicted octanol–water partition coefficient (Wildman–Crippen LogP) is 3.33. The summed E-state index contributed by atoms with van der Waals surface area (Å²) >= 11 is 1.89. The van der Waals surface area contributed by atoms with E-state index in [9.17, 15) is 0 Å². The largest absolute Gasteiger partial charge is 0.497 e. The van der Waals surface area contributed by atoms with Gasteiger partial charge in [0.2, 0.25) is 0 Å². The fourth-order valence-corrected chi connectivity index (χ4v) is 3.38. The Labute approximate surface area is 131 Å². The lowest BCUT2D eigenvalue weighted by molar-refractivity contribution is 0.414. The van der Waals surface area contributed by atoms with Crippen molar-refractivity contribution in [2.75, 3.05) is 7.11 Å². The van der Waals surface area contributed by atoms with Crippen LogP contribution in [-0.4, -0.2) is 13.2 Å². The van der Waals surface area contributed by atoms with Crippen LogP contribution in [0.5, 0.6) is 5.75 Å². The Balaban J connectivity index is 1.86. The highest BCUT2D eigenvalue weighted by molar-refractivity contribution is 7.11. The van der Waals surface area contributed by atoms with Crippen LogP contribution in [0.25, 0.3) is 0 Å². The zero-order valence-corrected chi connectivity index (χ0v) is 13.6. The molecule has 1 heterocycles. The fraction of sp³-hybridized carbons (Fsp3) is 0.412. The first-order chi connectivity index (χ1) is 10.2. The molecule has 0 aliphatic carbocycles. The minimum Gasteiger partial charge on any atom is -0.497 e. The number of hydrazine groups is 1. The van der Waals surface area contributed by atoms with Gasteiger partial charge in [0, 0.05) is 15.8 Å². The molecule has 1 aromatic heterocycles. The van der Waals surface area contributed by atoms with Gasteiger partial charge in [0.1, 0.15) is 5.75 Å². The van der Waals surface area contributed by atoms with Crippen LogP contribution in [0.4, 0.5) is 0 Å². The van der Waals surface area contributed by atoms with Crippen molar-refractivity contribution in [3.05, 3.63) is 51.7 Å². The van der Waals surface area contributed by atoms with Crippen molar-refractivity contribution in [3.8, 4) is 5.75 Å². The standard InChI is InChI=1S/C17H24N2OS/c1-3-16-10-11-17(21-16)12-14(19-18)7-4-13-5-8-15(20-2)9-6-13/h5-6,8-11,14,19H,3-4,7,12,18H2,1-2H3. The molecule has 0 spiro atoms. The van der Waals surface area contributed by atoms with Gasteiger partial charge in [-0.2, -0.15) is 0 Å². The van der Waals surface area contributed by atoms with Crippen molar-refractivity contribution < 1.29 is 4.74 Å². The number of nitrogens with two attached hydrogens (primary N) is 1. The third-order valence-electron chi connectivity index (χ3n) is 3.69. The number of rotatable bonds is 8. The van der Waals surface area contributed by atoms with Gasteiger partial charge < -0.3 is 4.74 Å². The second-order valence-corrected chi connectivity index (χ2v) is 6.43. The molecule has 4 heteroatoms. The maximum atomic E-state index is 5.70. The third kappa shape index (κ3) is 4.84. The van der Waals surface area contributed by atoms with E-state index in [-0.39, 0.29) is 0 Å². The average molecular weight is 304 g/mol. The Bertz CT molecular complexity index is 536. The molecule has 114 valence electrons. The lowest BCUT2D eigenvalue weighted by Crippen LogP contribution is -2.36. The number of methoxy groups -OCH3 is 1. The van der Waals surface area contributed by atoms with Crippen molar-refractivity contribution in [2.24, 2.45) is 5.84 Å². The second kappa shape index (κ2) is 8.17. The summed E-state index contributed by atoms with van der Waals surface area (Å²) in [5.41, 5.74) is 4.27. The summed E-state index contributed by atoms with van der Waals surface area (Å²) in [7, 11) is 1.69. The Morgan fingerprint density at radius 3 is 2.43 bits per heavy atom. The van der Waals surface area contributed by atoms with E-state index in [1.165, 1.54) is 15.3 Å². The quantitative estimate of drug-likeness (QED) is 0.581. The summed E-state index contributed by atoms with van der Waals surface area (Å²) < 4.78 is 5.18. The number of aryl methyl sites for hydroxylation is 2. The lowest BCUT2D eigenvalue weighted by atomic mass is 10.0. The van der Waals surface area contributed by atoms with Crippen LogP contribution < -0.4 is 16.0 Å². The van der Waals surface area contributed by atoms with Gasteiger partial charge in [0.25, 0.3) is 0 Å². The maximum absolute atomic E-state index is 5.70. The van der Waals surface area contributed by atoms with Crippen LogP contribution in [0.2, 0.25) is 0 Å². The summed E-state index contributed by atoms with van der Waals surface area (Å²) in [4.78, 5) is 2.85. The molecule has 2 rings (SSSR count). The molecule has 0 fully saturated rings. The third-order valence-corrected chi connectivity index (χ3v) is 4.94. The van der Waals surface area contributed by atoms with Gasteiger partial charge in [0.15, 0.2) is 0 Å². The van der Waals surface area contributed by atoms with E-state index >= 15 is 0 Å². The van der Waals surface area contributed by atoms with Gasteiger partial charge >= 0.3 is 0 Å². The smallest absolute Gasteiger partial charge is 0.118 e. The van der Waals surface area contributed by atoms with E-state index in [1.807, 2.05) is 23.5 Å². The number of thiophene rings is 1. The Morgan fingerprint density at radius 1 is 1.14 bits per heavy atom. The summed E-state index contributed by atoms with van der Waals surface area (Å²) in [6, 6.07) is 13.0. The highest BCUT2D eigenvalue weighted by atomic mass is 32.1. The summed E-state index contributed by atoms with van der Waals surface area (Å²) in [5, 5.41) is 0. The molecule has 2 aromatic rings. The van der Waals surface area contributed by atoms with Gasteiger partial charge in [0.05, 0.1) is 7.11 Å². The first-order valence-corrected chi connectivity index (χ1v) is 8.23. The molecule has 0 radical (unpaired) electrons. The molecule has 3 nitrogen and oxygen atoms in total. The van der Waals surface area contributed by atoms with Crippen molar-refractivity contribution in [3.63, 3.8) is 0 Å². The predicted molar refractivity (Wildman–Crippen MR) is 89.8 cm³/mol. The molecule has 3 N–H and O–H groups in total. The second-order valence-electron chi connectivity index (χ2n) is 5.18. The van der Waals surface area contributed by atoms with E-state index in [0.29, 0.717) is 6.04 Å². The van der Waals surface area contributed by atoms with Gasteiger partial charge in [-0.05, 0) is 55.5 Å². The first kappa shape index (κ1) is 16.0. The Kier molecular flexibility index (Phi) is 6.23. The van der Waals surface area contributed by atoms with Crippen molar-refractivity contribution in [1.29, 1.82) is 0 Å². The molecular weight excluding hydrogens is 280 g/mol. The van der Waals surface area contributed by atoms with Gasteiger partial charge in [-0.25, -0.2) is 0 Å². The van der Waals surface area contributed by atoms with Gasteiger partial charge in [-0.15, -0.1) is 11.3 Å². The van der Waals surface area contributed by atoms with Crippen LogP contribution in [-0.2, 0) is 19.3 Å². The monoisotopic (exact) mass is 304 g/mol. The Hall–Kier alpha value is -1.36. The lowest BCUT2D eigenvalue weighted by Gasteiger charge is -2.15. The number of ether oxygens (including phenoxy) is 1.